The van der Waals surface area contributed by atoms with Crippen molar-refractivity contribution in [2.75, 3.05) is 13.7 Å². The number of carbonyl (C=O) groups excluding carboxylic acids is 1. The van der Waals surface area contributed by atoms with Gasteiger partial charge in [0.05, 0.1) is 0 Å². The molecule has 0 saturated heterocycles. The Labute approximate surface area is 69.5 Å². The first-order valence-electron chi connectivity index (χ1n) is 2.68. The lowest BCUT2D eigenvalue weighted by Gasteiger charge is -2.09. The highest BCUT2D eigenvalue weighted by molar-refractivity contribution is 7.84. The Morgan fingerprint density at radius 3 is 2.58 bits per heavy atom. The molecular formula is C5H6FNO4S. The molecule has 0 rings (SSSR count). The van der Waals surface area contributed by atoms with Gasteiger partial charge in [0.15, 0.2) is 6.61 Å². The largest absolute Gasteiger partial charge is 0.435 e. The standard InChI is InChI=1S/C5H6FNO4S/c1-3-4-11-5(8)7(2)12(6,9)10/h1H,4H2,2H3. The molecule has 0 aromatic heterocycles. The predicted octanol–water partition coefficient (Wildman–Crippen LogP) is -0.0977. The van der Waals surface area contributed by atoms with Crippen LogP contribution in [0.5, 0.6) is 0 Å². The van der Waals surface area contributed by atoms with Crippen molar-refractivity contribution < 1.29 is 21.8 Å². The fourth-order valence-corrected chi connectivity index (χ4v) is 0.514. The van der Waals surface area contributed by atoms with Crippen molar-refractivity contribution in [2.45, 2.75) is 0 Å². The van der Waals surface area contributed by atoms with Crippen LogP contribution in [0.15, 0.2) is 0 Å². The van der Waals surface area contributed by atoms with Gasteiger partial charge >= 0.3 is 16.5 Å². The van der Waals surface area contributed by atoms with E-state index in [1.165, 1.54) is 0 Å². The summed E-state index contributed by atoms with van der Waals surface area (Å²) >= 11 is 0. The van der Waals surface area contributed by atoms with Crippen molar-refractivity contribution in [3.8, 4) is 12.3 Å². The summed E-state index contributed by atoms with van der Waals surface area (Å²) in [5, 5.41) is 0. The van der Waals surface area contributed by atoms with Crippen molar-refractivity contribution in [2.24, 2.45) is 0 Å². The first kappa shape index (κ1) is 10.7. The number of terminal acetylenes is 1. The summed E-state index contributed by atoms with van der Waals surface area (Å²) in [6.45, 7) is -0.404. The van der Waals surface area contributed by atoms with Gasteiger partial charge in [-0.2, -0.15) is 12.7 Å². The Morgan fingerprint density at radius 2 is 2.25 bits per heavy atom. The molecule has 0 aliphatic heterocycles. The number of rotatable bonds is 2. The van der Waals surface area contributed by atoms with E-state index in [4.69, 9.17) is 6.42 Å². The van der Waals surface area contributed by atoms with Crippen LogP contribution in [0.25, 0.3) is 0 Å². The van der Waals surface area contributed by atoms with E-state index in [-0.39, 0.29) is 4.31 Å². The van der Waals surface area contributed by atoms with Crippen LogP contribution in [0.4, 0.5) is 8.68 Å². The maximum absolute atomic E-state index is 12.0. The monoisotopic (exact) mass is 195 g/mol. The first-order valence-corrected chi connectivity index (χ1v) is 4.02. The van der Waals surface area contributed by atoms with Crippen LogP contribution in [-0.4, -0.2) is 32.5 Å². The fourth-order valence-electron chi connectivity index (χ4n) is 0.283. The minimum atomic E-state index is -5.04. The Hall–Kier alpha value is -1.29. The highest BCUT2D eigenvalue weighted by atomic mass is 32.3. The molecular weight excluding hydrogens is 189 g/mol. The van der Waals surface area contributed by atoms with Crippen molar-refractivity contribution >= 4 is 16.5 Å². The van der Waals surface area contributed by atoms with Crippen LogP contribution < -0.4 is 0 Å². The van der Waals surface area contributed by atoms with E-state index in [1.54, 1.807) is 0 Å². The second kappa shape index (κ2) is 3.92. The van der Waals surface area contributed by atoms with E-state index in [2.05, 4.69) is 4.74 Å². The molecule has 0 radical (unpaired) electrons. The van der Waals surface area contributed by atoms with E-state index in [9.17, 15) is 17.1 Å². The molecule has 0 aromatic carbocycles. The van der Waals surface area contributed by atoms with Gasteiger partial charge in [-0.15, -0.1) is 6.42 Å². The molecule has 0 heterocycles. The maximum Gasteiger partial charge on any atom is 0.426 e. The fraction of sp³-hybridized carbons (Fsp3) is 0.400. The van der Waals surface area contributed by atoms with Crippen LogP contribution in [-0.2, 0) is 15.1 Å². The Morgan fingerprint density at radius 1 is 1.75 bits per heavy atom. The van der Waals surface area contributed by atoms with Crippen molar-refractivity contribution in [3.05, 3.63) is 0 Å². The van der Waals surface area contributed by atoms with Gasteiger partial charge in [-0.1, -0.05) is 9.81 Å². The zero-order chi connectivity index (χ0) is 9.78. The van der Waals surface area contributed by atoms with E-state index in [0.29, 0.717) is 7.05 Å². The average Bonchev–Trinajstić information content (AvgIpc) is 1.97. The number of amides is 1. The average molecular weight is 195 g/mol. The Balaban J connectivity index is 4.24. The molecule has 12 heavy (non-hydrogen) atoms. The lowest BCUT2D eigenvalue weighted by Crippen LogP contribution is -2.30. The van der Waals surface area contributed by atoms with Crippen LogP contribution in [0.2, 0.25) is 0 Å². The topological polar surface area (TPSA) is 63.7 Å². The molecule has 7 heteroatoms. The molecule has 1 amide bonds. The number of nitrogens with zero attached hydrogens (tertiary/aromatic N) is 1. The predicted molar refractivity (Wildman–Crippen MR) is 38.0 cm³/mol. The third-order valence-electron chi connectivity index (χ3n) is 0.863. The number of ether oxygens (including phenoxy) is 1. The molecule has 0 atom stereocenters. The molecule has 0 aliphatic carbocycles. The molecule has 5 nitrogen and oxygen atoms in total. The highest BCUT2D eigenvalue weighted by Gasteiger charge is 2.23. The van der Waals surface area contributed by atoms with E-state index in [0.717, 1.165) is 0 Å². The van der Waals surface area contributed by atoms with Gasteiger partial charge in [0.25, 0.3) is 0 Å². The quantitative estimate of drug-likeness (QED) is 0.456. The number of hydrogen-bond donors (Lipinski definition) is 0. The minimum absolute atomic E-state index is 0.190. The molecule has 0 saturated carbocycles. The number of halogens is 1. The van der Waals surface area contributed by atoms with Gasteiger partial charge in [-0.05, 0) is 0 Å². The van der Waals surface area contributed by atoms with E-state index >= 15 is 0 Å². The smallest absolute Gasteiger partial charge is 0.426 e. The Bertz CT molecular complexity index is 304. The summed E-state index contributed by atoms with van der Waals surface area (Å²) in [6, 6.07) is 0. The maximum atomic E-state index is 12.0. The highest BCUT2D eigenvalue weighted by Crippen LogP contribution is 2.00. The summed E-state index contributed by atoms with van der Waals surface area (Å²) in [5.41, 5.74) is 0. The van der Waals surface area contributed by atoms with Gasteiger partial charge in [-0.25, -0.2) is 4.79 Å². The zero-order valence-corrected chi connectivity index (χ0v) is 6.97. The second-order valence-electron chi connectivity index (χ2n) is 1.67. The van der Waals surface area contributed by atoms with Gasteiger partial charge < -0.3 is 4.74 Å². The van der Waals surface area contributed by atoms with Crippen LogP contribution in [0, 0.1) is 12.3 Å². The molecule has 0 bridgehead atoms. The van der Waals surface area contributed by atoms with E-state index in [1.807, 2.05) is 5.92 Å². The van der Waals surface area contributed by atoms with Crippen LogP contribution in [0.3, 0.4) is 0 Å². The molecule has 68 valence electrons. The van der Waals surface area contributed by atoms with Gasteiger partial charge in [-0.3, -0.25) is 0 Å². The summed E-state index contributed by atoms with van der Waals surface area (Å²) in [5.74, 6) is 1.92. The molecule has 0 N–H and O–H groups in total. The lowest BCUT2D eigenvalue weighted by atomic mass is 10.8. The molecule has 0 fully saturated rings. The third-order valence-corrected chi connectivity index (χ3v) is 1.67. The minimum Gasteiger partial charge on any atom is -0.435 e. The van der Waals surface area contributed by atoms with E-state index < -0.39 is 23.1 Å². The molecule has 0 spiro atoms. The summed E-state index contributed by atoms with van der Waals surface area (Å²) in [6.07, 6.45) is 3.35. The second-order valence-corrected chi connectivity index (χ2v) is 3.04. The van der Waals surface area contributed by atoms with Gasteiger partial charge in [0, 0.05) is 7.05 Å². The number of hydrogen-bond acceptors (Lipinski definition) is 4. The lowest BCUT2D eigenvalue weighted by molar-refractivity contribution is 0.142. The molecule has 0 unspecified atom stereocenters. The van der Waals surface area contributed by atoms with Crippen LogP contribution in [0.1, 0.15) is 0 Å². The molecule has 0 aliphatic rings. The van der Waals surface area contributed by atoms with Crippen LogP contribution >= 0.6 is 0 Å². The zero-order valence-electron chi connectivity index (χ0n) is 6.15. The first-order chi connectivity index (χ1) is 5.39. The number of carbonyl (C=O) groups is 1. The summed E-state index contributed by atoms with van der Waals surface area (Å²) in [4.78, 5) is 10.5. The Kier molecular flexibility index (Phi) is 3.50. The van der Waals surface area contributed by atoms with Gasteiger partial charge in [0.2, 0.25) is 0 Å². The third kappa shape index (κ3) is 3.21. The van der Waals surface area contributed by atoms with Crippen molar-refractivity contribution in [1.82, 2.24) is 4.31 Å². The summed E-state index contributed by atoms with van der Waals surface area (Å²) in [7, 11) is -4.33. The molecule has 0 aromatic rings. The van der Waals surface area contributed by atoms with Crippen molar-refractivity contribution in [1.29, 1.82) is 0 Å². The van der Waals surface area contributed by atoms with Crippen molar-refractivity contribution in [3.63, 3.8) is 0 Å². The van der Waals surface area contributed by atoms with Gasteiger partial charge in [0.1, 0.15) is 0 Å². The normalized spacial score (nSPS) is 10.1. The SMILES string of the molecule is C#CCOC(=O)N(C)S(=O)(=O)F. The summed E-state index contributed by atoms with van der Waals surface area (Å²) < 4.78 is 36.0.